The number of sulfonamides is 1. The van der Waals surface area contributed by atoms with Crippen molar-refractivity contribution >= 4 is 15.7 Å². The lowest BCUT2D eigenvalue weighted by Gasteiger charge is -2.17. The van der Waals surface area contributed by atoms with Gasteiger partial charge < -0.3 is 10.4 Å². The van der Waals surface area contributed by atoms with Gasteiger partial charge in [0, 0.05) is 31.9 Å². The lowest BCUT2D eigenvalue weighted by molar-refractivity contribution is 0.259. The summed E-state index contributed by atoms with van der Waals surface area (Å²) >= 11 is 0. The number of nitrogens with zero attached hydrogens (tertiary/aromatic N) is 1. The molecule has 2 N–H and O–H groups in total. The van der Waals surface area contributed by atoms with Crippen molar-refractivity contribution in [1.82, 2.24) is 4.31 Å². The summed E-state index contributed by atoms with van der Waals surface area (Å²) < 4.78 is 26.8. The van der Waals surface area contributed by atoms with Gasteiger partial charge in [0.25, 0.3) is 0 Å². The van der Waals surface area contributed by atoms with E-state index in [0.29, 0.717) is 24.4 Å². The predicted molar refractivity (Wildman–Crippen MR) is 77.2 cm³/mol. The van der Waals surface area contributed by atoms with Crippen molar-refractivity contribution < 1.29 is 13.5 Å². The van der Waals surface area contributed by atoms with Crippen molar-refractivity contribution in [1.29, 1.82) is 0 Å². The van der Waals surface area contributed by atoms with Crippen LogP contribution in [0.15, 0.2) is 23.1 Å². The van der Waals surface area contributed by atoms with Crippen LogP contribution in [-0.4, -0.2) is 44.1 Å². The summed E-state index contributed by atoms with van der Waals surface area (Å²) in [5.74, 6) is 0.280. The van der Waals surface area contributed by atoms with E-state index < -0.39 is 10.0 Å². The van der Waals surface area contributed by atoms with Gasteiger partial charge in [0.05, 0.1) is 4.90 Å². The smallest absolute Gasteiger partial charge is 0.243 e. The van der Waals surface area contributed by atoms with Gasteiger partial charge >= 0.3 is 0 Å². The quantitative estimate of drug-likeness (QED) is 0.871. The Labute approximate surface area is 119 Å². The summed E-state index contributed by atoms with van der Waals surface area (Å²) in [6.07, 6.45) is 2.47. The molecule has 0 aliphatic carbocycles. The van der Waals surface area contributed by atoms with Crippen LogP contribution >= 0.6 is 0 Å². The molecule has 0 bridgehead atoms. The molecule has 1 saturated heterocycles. The summed E-state index contributed by atoms with van der Waals surface area (Å²) in [6.45, 7) is 2.08. The first-order valence-corrected chi connectivity index (χ1v) is 8.53. The predicted octanol–water partition coefficient (Wildman–Crippen LogP) is 1.05. The van der Waals surface area contributed by atoms with Crippen LogP contribution in [0.5, 0.6) is 0 Å². The SMILES string of the molecule is O=S(=O)(c1ccc2c(c1)NCC2)N1CCC(CCO)C1. The molecule has 110 valence electrons. The first-order valence-electron chi connectivity index (χ1n) is 7.09. The summed E-state index contributed by atoms with van der Waals surface area (Å²) in [4.78, 5) is 0.371. The van der Waals surface area contributed by atoms with E-state index in [-0.39, 0.29) is 12.5 Å². The zero-order valence-electron chi connectivity index (χ0n) is 11.4. The monoisotopic (exact) mass is 296 g/mol. The second-order valence-corrected chi connectivity index (χ2v) is 7.46. The first-order chi connectivity index (χ1) is 9.61. The zero-order valence-corrected chi connectivity index (χ0v) is 12.2. The van der Waals surface area contributed by atoms with Crippen LogP contribution in [0.1, 0.15) is 18.4 Å². The number of hydrogen-bond donors (Lipinski definition) is 2. The Hall–Kier alpha value is -1.11. The number of rotatable bonds is 4. The minimum Gasteiger partial charge on any atom is -0.396 e. The Morgan fingerprint density at radius 2 is 2.25 bits per heavy atom. The van der Waals surface area contributed by atoms with Gasteiger partial charge in [-0.1, -0.05) is 6.07 Å². The van der Waals surface area contributed by atoms with E-state index in [9.17, 15) is 8.42 Å². The van der Waals surface area contributed by atoms with Crippen LogP contribution in [-0.2, 0) is 16.4 Å². The number of anilines is 1. The highest BCUT2D eigenvalue weighted by Crippen LogP contribution is 2.30. The highest BCUT2D eigenvalue weighted by atomic mass is 32.2. The number of aliphatic hydroxyl groups is 1. The Morgan fingerprint density at radius 3 is 3.05 bits per heavy atom. The minimum absolute atomic E-state index is 0.126. The molecule has 2 heterocycles. The Morgan fingerprint density at radius 1 is 1.40 bits per heavy atom. The molecule has 2 aliphatic heterocycles. The molecule has 0 radical (unpaired) electrons. The zero-order chi connectivity index (χ0) is 14.2. The largest absolute Gasteiger partial charge is 0.396 e. The van der Waals surface area contributed by atoms with E-state index in [4.69, 9.17) is 5.11 Å². The highest BCUT2D eigenvalue weighted by molar-refractivity contribution is 7.89. The van der Waals surface area contributed by atoms with Crippen LogP contribution < -0.4 is 5.32 Å². The van der Waals surface area contributed by atoms with E-state index in [1.165, 1.54) is 5.56 Å². The number of nitrogens with one attached hydrogen (secondary N) is 1. The number of benzene rings is 1. The number of fused-ring (bicyclic) bond motifs is 1. The summed E-state index contributed by atoms with van der Waals surface area (Å²) in [5, 5.41) is 12.2. The van der Waals surface area contributed by atoms with E-state index in [2.05, 4.69) is 5.32 Å². The lowest BCUT2D eigenvalue weighted by Crippen LogP contribution is -2.29. The van der Waals surface area contributed by atoms with E-state index >= 15 is 0 Å². The molecular formula is C14H20N2O3S. The average Bonchev–Trinajstić information content (AvgIpc) is 3.06. The van der Waals surface area contributed by atoms with Crippen molar-refractivity contribution in [2.75, 3.05) is 31.6 Å². The molecule has 0 spiro atoms. The van der Waals surface area contributed by atoms with Gasteiger partial charge in [0.15, 0.2) is 0 Å². The van der Waals surface area contributed by atoms with Crippen LogP contribution in [0, 0.1) is 5.92 Å². The van der Waals surface area contributed by atoms with E-state index in [0.717, 1.165) is 25.1 Å². The molecule has 6 heteroatoms. The first kappa shape index (κ1) is 13.9. The van der Waals surface area contributed by atoms with Crippen LogP contribution in [0.25, 0.3) is 0 Å². The van der Waals surface area contributed by atoms with Crippen molar-refractivity contribution in [2.45, 2.75) is 24.2 Å². The van der Waals surface area contributed by atoms with Crippen molar-refractivity contribution in [3.05, 3.63) is 23.8 Å². The van der Waals surface area contributed by atoms with E-state index in [1.807, 2.05) is 6.07 Å². The second-order valence-electron chi connectivity index (χ2n) is 5.53. The van der Waals surface area contributed by atoms with Crippen LogP contribution in [0.2, 0.25) is 0 Å². The fourth-order valence-corrected chi connectivity index (χ4v) is 4.57. The maximum atomic E-state index is 12.6. The third kappa shape index (κ3) is 2.43. The average molecular weight is 296 g/mol. The van der Waals surface area contributed by atoms with Crippen LogP contribution in [0.4, 0.5) is 5.69 Å². The normalized spacial score (nSPS) is 22.8. The molecule has 5 nitrogen and oxygen atoms in total. The Kier molecular flexibility index (Phi) is 3.70. The molecule has 3 rings (SSSR count). The van der Waals surface area contributed by atoms with Gasteiger partial charge in [-0.3, -0.25) is 0 Å². The molecular weight excluding hydrogens is 276 g/mol. The van der Waals surface area contributed by atoms with Gasteiger partial charge in [-0.15, -0.1) is 0 Å². The molecule has 1 atom stereocenters. The topological polar surface area (TPSA) is 69.6 Å². The maximum absolute atomic E-state index is 12.6. The molecule has 1 aromatic carbocycles. The van der Waals surface area contributed by atoms with Gasteiger partial charge in [-0.25, -0.2) is 8.42 Å². The minimum atomic E-state index is -3.40. The number of hydrogen-bond acceptors (Lipinski definition) is 4. The van der Waals surface area contributed by atoms with Gasteiger partial charge in [-0.05, 0) is 42.9 Å². The molecule has 1 unspecified atom stereocenters. The van der Waals surface area contributed by atoms with Gasteiger partial charge in [-0.2, -0.15) is 4.31 Å². The standard InChI is InChI=1S/C14H20N2O3S/c17-8-5-11-4-7-16(10-11)20(18,19)13-2-1-12-3-6-15-14(12)9-13/h1-2,9,11,15,17H,3-8,10H2. The van der Waals surface area contributed by atoms with Gasteiger partial charge in [0.1, 0.15) is 0 Å². The molecule has 20 heavy (non-hydrogen) atoms. The molecule has 0 aromatic heterocycles. The van der Waals surface area contributed by atoms with E-state index in [1.54, 1.807) is 16.4 Å². The Bertz CT molecular complexity index is 600. The third-order valence-corrected chi connectivity index (χ3v) is 6.08. The molecule has 0 amide bonds. The summed E-state index contributed by atoms with van der Waals surface area (Å²) in [7, 11) is -3.40. The number of aliphatic hydroxyl groups excluding tert-OH is 1. The van der Waals surface area contributed by atoms with Crippen LogP contribution in [0.3, 0.4) is 0 Å². The van der Waals surface area contributed by atoms with Crippen molar-refractivity contribution in [3.8, 4) is 0 Å². The molecule has 2 aliphatic rings. The lowest BCUT2D eigenvalue weighted by atomic mass is 10.1. The van der Waals surface area contributed by atoms with Crippen molar-refractivity contribution in [2.24, 2.45) is 5.92 Å². The fraction of sp³-hybridized carbons (Fsp3) is 0.571. The summed E-state index contributed by atoms with van der Waals surface area (Å²) in [5.41, 5.74) is 2.13. The molecule has 1 aromatic rings. The Balaban J connectivity index is 1.82. The third-order valence-electron chi connectivity index (χ3n) is 4.21. The fourth-order valence-electron chi connectivity index (χ4n) is 3.01. The summed E-state index contributed by atoms with van der Waals surface area (Å²) in [6, 6.07) is 5.36. The van der Waals surface area contributed by atoms with Gasteiger partial charge in [0.2, 0.25) is 10.0 Å². The maximum Gasteiger partial charge on any atom is 0.243 e. The highest BCUT2D eigenvalue weighted by Gasteiger charge is 2.32. The molecule has 1 fully saturated rings. The molecule has 0 saturated carbocycles. The van der Waals surface area contributed by atoms with Crippen molar-refractivity contribution in [3.63, 3.8) is 0 Å². The second kappa shape index (κ2) is 5.35.